The largest absolute Gasteiger partial charge is 0.298 e. The summed E-state index contributed by atoms with van der Waals surface area (Å²) >= 11 is 0. The number of hydrazone groups is 1. The Morgan fingerprint density at radius 1 is 1.14 bits per heavy atom. The maximum Gasteiger partial charge on any atom is 0.263 e. The van der Waals surface area contributed by atoms with Crippen molar-refractivity contribution in [2.45, 2.75) is 52.4 Å². The molecule has 0 saturated heterocycles. The molecule has 1 aromatic carbocycles. The van der Waals surface area contributed by atoms with E-state index in [2.05, 4.69) is 12.0 Å². The van der Waals surface area contributed by atoms with E-state index in [0.717, 1.165) is 19.3 Å². The number of benzene rings is 1. The molecule has 0 bridgehead atoms. The summed E-state index contributed by atoms with van der Waals surface area (Å²) in [6.07, 6.45) is 5.94. The Morgan fingerprint density at radius 3 is 2.50 bits per heavy atom. The van der Waals surface area contributed by atoms with E-state index in [1.165, 1.54) is 17.9 Å². The highest BCUT2D eigenvalue weighted by Gasteiger charge is 2.38. The fourth-order valence-electron chi connectivity index (χ4n) is 2.74. The molecule has 1 aliphatic heterocycles. The number of carbonyl (C=O) groups excluding carboxylic acids is 2. The van der Waals surface area contributed by atoms with Crippen molar-refractivity contribution in [2.75, 3.05) is 5.01 Å². The minimum absolute atomic E-state index is 0.00109. The van der Waals surface area contributed by atoms with Crippen molar-refractivity contribution >= 4 is 23.1 Å². The highest BCUT2D eigenvalue weighted by molar-refractivity contribution is 6.26. The predicted octanol–water partition coefficient (Wildman–Crippen LogP) is 3.95. The monoisotopic (exact) mass is 300 g/mol. The van der Waals surface area contributed by atoms with E-state index in [1.807, 2.05) is 30.3 Å². The van der Waals surface area contributed by atoms with Crippen LogP contribution in [0.15, 0.2) is 35.4 Å². The van der Waals surface area contributed by atoms with Gasteiger partial charge in [0.2, 0.25) is 0 Å². The Labute approximate surface area is 132 Å². The highest BCUT2D eigenvalue weighted by atomic mass is 16.2. The first kappa shape index (κ1) is 16.4. The van der Waals surface area contributed by atoms with Crippen LogP contribution in [0.5, 0.6) is 0 Å². The second-order valence-electron chi connectivity index (χ2n) is 5.79. The second-order valence-corrected chi connectivity index (χ2v) is 5.79. The fourth-order valence-corrected chi connectivity index (χ4v) is 2.74. The Balaban J connectivity index is 1.94. The molecule has 4 nitrogen and oxygen atoms in total. The lowest BCUT2D eigenvalue weighted by atomic mass is 9.94. The van der Waals surface area contributed by atoms with E-state index in [0.29, 0.717) is 17.8 Å². The van der Waals surface area contributed by atoms with Crippen molar-refractivity contribution in [3.8, 4) is 0 Å². The van der Waals surface area contributed by atoms with E-state index < -0.39 is 5.92 Å². The summed E-state index contributed by atoms with van der Waals surface area (Å²) < 4.78 is 0. The van der Waals surface area contributed by atoms with Crippen molar-refractivity contribution < 1.29 is 9.59 Å². The van der Waals surface area contributed by atoms with Crippen LogP contribution in [0.4, 0.5) is 5.69 Å². The molecule has 1 atom stereocenters. The molecule has 0 spiro atoms. The first-order valence-corrected chi connectivity index (χ1v) is 8.12. The third-order valence-electron chi connectivity index (χ3n) is 3.98. The van der Waals surface area contributed by atoms with Gasteiger partial charge >= 0.3 is 0 Å². The molecule has 4 heteroatoms. The van der Waals surface area contributed by atoms with E-state index in [-0.39, 0.29) is 11.7 Å². The summed E-state index contributed by atoms with van der Waals surface area (Å²) in [5.41, 5.74) is 1.32. The SMILES string of the molecule is CCCCCCCC(=O)[C@@H]1C(=O)N(c2ccccc2)N=C1C. The molecular formula is C18H24N2O2. The quantitative estimate of drug-likeness (QED) is 0.539. The van der Waals surface area contributed by atoms with Crippen molar-refractivity contribution in [1.29, 1.82) is 0 Å². The molecule has 0 aliphatic carbocycles. The molecule has 0 N–H and O–H groups in total. The van der Waals surface area contributed by atoms with E-state index in [1.54, 1.807) is 6.92 Å². The van der Waals surface area contributed by atoms with Crippen LogP contribution in [-0.4, -0.2) is 17.4 Å². The van der Waals surface area contributed by atoms with E-state index in [9.17, 15) is 9.59 Å². The lowest BCUT2D eigenvalue weighted by Crippen LogP contribution is -2.32. The number of ketones is 1. The van der Waals surface area contributed by atoms with Crippen LogP contribution in [-0.2, 0) is 9.59 Å². The summed E-state index contributed by atoms with van der Waals surface area (Å²) in [5.74, 6) is -0.908. The number of rotatable bonds is 8. The second kappa shape index (κ2) is 7.87. The zero-order chi connectivity index (χ0) is 15.9. The smallest absolute Gasteiger partial charge is 0.263 e. The lowest BCUT2D eigenvalue weighted by molar-refractivity contribution is -0.129. The number of anilines is 1. The predicted molar refractivity (Wildman–Crippen MR) is 88.9 cm³/mol. The summed E-state index contributed by atoms with van der Waals surface area (Å²) in [6, 6.07) is 9.25. The first-order chi connectivity index (χ1) is 10.6. The van der Waals surface area contributed by atoms with Gasteiger partial charge in [0.15, 0.2) is 5.78 Å². The van der Waals surface area contributed by atoms with Gasteiger partial charge in [-0.15, -0.1) is 0 Å². The Morgan fingerprint density at radius 2 is 1.82 bits per heavy atom. The third-order valence-corrected chi connectivity index (χ3v) is 3.98. The maximum absolute atomic E-state index is 12.5. The van der Waals surface area contributed by atoms with Gasteiger partial charge in [0, 0.05) is 6.42 Å². The third kappa shape index (κ3) is 3.81. The maximum atomic E-state index is 12.5. The zero-order valence-electron chi connectivity index (χ0n) is 13.4. The van der Waals surface area contributed by atoms with Crippen LogP contribution in [0.3, 0.4) is 0 Å². The minimum atomic E-state index is -0.689. The molecule has 118 valence electrons. The van der Waals surface area contributed by atoms with Gasteiger partial charge in [-0.3, -0.25) is 9.59 Å². The normalized spacial score (nSPS) is 17.7. The average molecular weight is 300 g/mol. The molecule has 1 heterocycles. The number of hydrogen-bond acceptors (Lipinski definition) is 3. The number of amides is 1. The Hall–Kier alpha value is -1.97. The summed E-state index contributed by atoms with van der Waals surface area (Å²) in [7, 11) is 0. The molecule has 0 radical (unpaired) electrons. The Kier molecular flexibility index (Phi) is 5.87. The van der Waals surface area contributed by atoms with Crippen LogP contribution in [0.1, 0.15) is 52.4 Å². The van der Waals surface area contributed by atoms with Crippen molar-refractivity contribution in [3.05, 3.63) is 30.3 Å². The van der Waals surface area contributed by atoms with Crippen molar-refractivity contribution in [3.63, 3.8) is 0 Å². The van der Waals surface area contributed by atoms with Crippen LogP contribution < -0.4 is 5.01 Å². The van der Waals surface area contributed by atoms with Gasteiger partial charge in [0.25, 0.3) is 5.91 Å². The zero-order valence-corrected chi connectivity index (χ0v) is 13.4. The first-order valence-electron chi connectivity index (χ1n) is 8.12. The minimum Gasteiger partial charge on any atom is -0.298 e. The number of hydrogen-bond donors (Lipinski definition) is 0. The van der Waals surface area contributed by atoms with Gasteiger partial charge in [-0.25, -0.2) is 0 Å². The number of unbranched alkanes of at least 4 members (excludes halogenated alkanes) is 4. The molecule has 1 amide bonds. The summed E-state index contributed by atoms with van der Waals surface area (Å²) in [5, 5.41) is 5.64. The number of para-hydroxylation sites is 1. The van der Waals surface area contributed by atoms with Crippen LogP contribution in [0.2, 0.25) is 0 Å². The molecule has 1 aromatic rings. The van der Waals surface area contributed by atoms with Crippen LogP contribution in [0.25, 0.3) is 0 Å². The van der Waals surface area contributed by atoms with Crippen LogP contribution >= 0.6 is 0 Å². The number of Topliss-reactive ketones (excluding diaryl/α,β-unsaturated/α-hetero) is 1. The molecule has 0 saturated carbocycles. The van der Waals surface area contributed by atoms with Crippen molar-refractivity contribution in [2.24, 2.45) is 11.0 Å². The van der Waals surface area contributed by atoms with Crippen LogP contribution in [0, 0.1) is 5.92 Å². The molecule has 0 aromatic heterocycles. The number of nitrogens with zero attached hydrogens (tertiary/aromatic N) is 2. The van der Waals surface area contributed by atoms with E-state index >= 15 is 0 Å². The highest BCUT2D eigenvalue weighted by Crippen LogP contribution is 2.25. The fraction of sp³-hybridized carbons (Fsp3) is 0.500. The van der Waals surface area contributed by atoms with Gasteiger partial charge in [-0.05, 0) is 25.5 Å². The molecule has 1 aliphatic rings. The van der Waals surface area contributed by atoms with E-state index in [4.69, 9.17) is 0 Å². The summed E-state index contributed by atoms with van der Waals surface area (Å²) in [4.78, 5) is 24.8. The summed E-state index contributed by atoms with van der Waals surface area (Å²) in [6.45, 7) is 3.93. The molecule has 0 fully saturated rings. The van der Waals surface area contributed by atoms with Gasteiger partial charge < -0.3 is 0 Å². The molecule has 2 rings (SSSR count). The lowest BCUT2D eigenvalue weighted by Gasteiger charge is -2.13. The Bertz CT molecular complexity index is 551. The molecule has 0 unspecified atom stereocenters. The van der Waals surface area contributed by atoms with Gasteiger partial charge in [0.05, 0.1) is 11.4 Å². The number of carbonyl (C=O) groups is 2. The van der Waals surface area contributed by atoms with Gasteiger partial charge in [0.1, 0.15) is 5.92 Å². The topological polar surface area (TPSA) is 49.7 Å². The van der Waals surface area contributed by atoms with Gasteiger partial charge in [-0.1, -0.05) is 50.8 Å². The average Bonchev–Trinajstić information content (AvgIpc) is 2.82. The molecular weight excluding hydrogens is 276 g/mol. The van der Waals surface area contributed by atoms with Gasteiger partial charge in [-0.2, -0.15) is 10.1 Å². The van der Waals surface area contributed by atoms with Crippen molar-refractivity contribution in [1.82, 2.24) is 0 Å². The molecule has 22 heavy (non-hydrogen) atoms. The standard InChI is InChI=1S/C18H24N2O2/c1-3-4-5-6-10-13-16(21)17-14(2)19-20(18(17)22)15-11-8-7-9-12-15/h7-9,11-12,17H,3-6,10,13H2,1-2H3/t17-/m1/s1.